The highest BCUT2D eigenvalue weighted by Gasteiger charge is 2.42. The number of benzene rings is 2. The topological polar surface area (TPSA) is 80.3 Å². The van der Waals surface area contributed by atoms with Crippen molar-refractivity contribution in [1.82, 2.24) is 15.6 Å². The second-order valence-electron chi connectivity index (χ2n) is 7.54. The van der Waals surface area contributed by atoms with Crippen LogP contribution in [0.25, 0.3) is 0 Å². The van der Waals surface area contributed by atoms with Crippen molar-refractivity contribution in [1.29, 1.82) is 0 Å². The summed E-state index contributed by atoms with van der Waals surface area (Å²) < 4.78 is 59.6. The number of nitrogens with one attached hydrogen (secondary N) is 2. The van der Waals surface area contributed by atoms with Crippen molar-refractivity contribution in [2.75, 3.05) is 7.11 Å². The SMILES string of the molecule is COC(=O)C[C@](NC(=O)NCc1ccccc1)(c1cc(F)cc(C(F)(F)F)c1)c1ccc(Cl)cn1. The first-order valence-corrected chi connectivity index (χ1v) is 10.6. The van der Waals surface area contributed by atoms with Crippen LogP contribution in [0.4, 0.5) is 22.4 Å². The van der Waals surface area contributed by atoms with Gasteiger partial charge >= 0.3 is 18.2 Å². The molecule has 184 valence electrons. The summed E-state index contributed by atoms with van der Waals surface area (Å²) in [6.07, 6.45) is -4.38. The molecule has 11 heteroatoms. The van der Waals surface area contributed by atoms with Gasteiger partial charge in [-0.15, -0.1) is 0 Å². The van der Waals surface area contributed by atoms with Crippen LogP contribution in [0.3, 0.4) is 0 Å². The summed E-state index contributed by atoms with van der Waals surface area (Å²) in [7, 11) is 1.07. The zero-order valence-electron chi connectivity index (χ0n) is 18.3. The highest BCUT2D eigenvalue weighted by atomic mass is 35.5. The van der Waals surface area contributed by atoms with Crippen molar-refractivity contribution in [2.24, 2.45) is 0 Å². The van der Waals surface area contributed by atoms with Gasteiger partial charge in [-0.25, -0.2) is 9.18 Å². The van der Waals surface area contributed by atoms with E-state index in [9.17, 15) is 27.2 Å². The number of carbonyl (C=O) groups excluding carboxylic acids is 2. The molecule has 6 nitrogen and oxygen atoms in total. The van der Waals surface area contributed by atoms with E-state index in [2.05, 4.69) is 15.6 Å². The number of rotatable bonds is 7. The summed E-state index contributed by atoms with van der Waals surface area (Å²) >= 11 is 5.91. The van der Waals surface area contributed by atoms with Crippen LogP contribution < -0.4 is 10.6 Å². The van der Waals surface area contributed by atoms with E-state index in [1.54, 1.807) is 30.3 Å². The van der Waals surface area contributed by atoms with E-state index in [0.29, 0.717) is 12.1 Å². The molecule has 0 saturated heterocycles. The van der Waals surface area contributed by atoms with Crippen molar-refractivity contribution in [3.05, 3.63) is 100 Å². The van der Waals surface area contributed by atoms with Crippen LogP contribution in [0.1, 0.15) is 28.8 Å². The first kappa shape index (κ1) is 26.0. The Morgan fingerprint density at radius 2 is 1.71 bits per heavy atom. The van der Waals surface area contributed by atoms with Crippen molar-refractivity contribution >= 4 is 23.6 Å². The van der Waals surface area contributed by atoms with Crippen LogP contribution in [0.2, 0.25) is 5.02 Å². The average Bonchev–Trinajstić information content (AvgIpc) is 2.82. The number of esters is 1. The lowest BCUT2D eigenvalue weighted by atomic mass is 9.82. The van der Waals surface area contributed by atoms with Gasteiger partial charge in [0, 0.05) is 12.7 Å². The molecule has 0 saturated carbocycles. The number of nitrogens with zero attached hydrogens (tertiary/aromatic N) is 1. The molecular formula is C24H20ClF4N3O3. The number of hydrogen-bond acceptors (Lipinski definition) is 4. The predicted molar refractivity (Wildman–Crippen MR) is 120 cm³/mol. The number of hydrogen-bond donors (Lipinski definition) is 2. The van der Waals surface area contributed by atoms with Crippen molar-refractivity contribution in [3.63, 3.8) is 0 Å². The maximum atomic E-state index is 14.4. The Labute approximate surface area is 203 Å². The Balaban J connectivity index is 2.13. The Kier molecular flexibility index (Phi) is 7.96. The van der Waals surface area contributed by atoms with Gasteiger partial charge in [-0.1, -0.05) is 41.9 Å². The third-order valence-electron chi connectivity index (χ3n) is 5.14. The summed E-state index contributed by atoms with van der Waals surface area (Å²) in [4.78, 5) is 29.5. The molecule has 35 heavy (non-hydrogen) atoms. The van der Waals surface area contributed by atoms with Gasteiger partial charge in [0.05, 0.1) is 29.8 Å². The largest absolute Gasteiger partial charge is 0.469 e. The molecule has 0 aliphatic carbocycles. The molecule has 1 atom stereocenters. The van der Waals surface area contributed by atoms with Gasteiger partial charge in [0.1, 0.15) is 11.4 Å². The number of methoxy groups -OCH3 is 1. The highest BCUT2D eigenvalue weighted by molar-refractivity contribution is 6.30. The van der Waals surface area contributed by atoms with Gasteiger partial charge in [0.2, 0.25) is 0 Å². The van der Waals surface area contributed by atoms with E-state index in [1.165, 1.54) is 18.3 Å². The minimum atomic E-state index is -4.89. The molecule has 0 aliphatic heterocycles. The molecule has 0 aliphatic rings. The van der Waals surface area contributed by atoms with Crippen molar-refractivity contribution in [3.8, 4) is 0 Å². The fraction of sp³-hybridized carbons (Fsp3) is 0.208. The molecule has 2 N–H and O–H groups in total. The number of alkyl halides is 3. The maximum absolute atomic E-state index is 14.4. The summed E-state index contributed by atoms with van der Waals surface area (Å²) in [5.41, 5.74) is -3.00. The number of ether oxygens (including phenoxy) is 1. The number of aromatic nitrogens is 1. The zero-order valence-corrected chi connectivity index (χ0v) is 19.1. The van der Waals surface area contributed by atoms with Crippen LogP contribution >= 0.6 is 11.6 Å². The van der Waals surface area contributed by atoms with Crippen LogP contribution in [-0.2, 0) is 27.8 Å². The molecule has 2 amide bonds. The third-order valence-corrected chi connectivity index (χ3v) is 5.37. The van der Waals surface area contributed by atoms with Gasteiger partial charge in [-0.05, 0) is 41.5 Å². The van der Waals surface area contributed by atoms with E-state index in [1.807, 2.05) is 0 Å². The Bertz CT molecular complexity index is 1190. The van der Waals surface area contributed by atoms with E-state index in [4.69, 9.17) is 16.3 Å². The molecule has 3 rings (SSSR count). The van der Waals surface area contributed by atoms with Crippen LogP contribution in [0.5, 0.6) is 0 Å². The molecule has 3 aromatic rings. The first-order valence-electron chi connectivity index (χ1n) is 10.2. The Morgan fingerprint density at radius 3 is 2.31 bits per heavy atom. The number of carbonyl (C=O) groups is 2. The Morgan fingerprint density at radius 1 is 1.03 bits per heavy atom. The number of pyridine rings is 1. The average molecular weight is 510 g/mol. The normalized spacial score (nSPS) is 13.0. The number of halogens is 5. The standard InChI is InChI=1S/C24H20ClF4N3O3/c1-35-21(33)12-23(20-8-7-18(25)14-30-20,16-9-17(24(27,28)29)11-19(26)10-16)32-22(34)31-13-15-5-3-2-4-6-15/h2-11,14H,12-13H2,1H3,(H2,31,32,34)/t23-/m0/s1. The minimum Gasteiger partial charge on any atom is -0.469 e. The Hall–Kier alpha value is -3.66. The van der Waals surface area contributed by atoms with E-state index in [-0.39, 0.29) is 22.8 Å². The molecular weight excluding hydrogens is 490 g/mol. The van der Waals surface area contributed by atoms with Gasteiger partial charge in [-0.2, -0.15) is 13.2 Å². The zero-order chi connectivity index (χ0) is 25.6. The lowest BCUT2D eigenvalue weighted by Gasteiger charge is -2.34. The minimum absolute atomic E-state index is 0.0547. The van der Waals surface area contributed by atoms with Crippen LogP contribution in [-0.4, -0.2) is 24.1 Å². The molecule has 0 radical (unpaired) electrons. The monoisotopic (exact) mass is 509 g/mol. The maximum Gasteiger partial charge on any atom is 0.416 e. The van der Waals surface area contributed by atoms with E-state index < -0.39 is 41.5 Å². The van der Waals surface area contributed by atoms with Crippen LogP contribution in [0, 0.1) is 5.82 Å². The predicted octanol–water partition coefficient (Wildman–Crippen LogP) is 5.20. The second-order valence-corrected chi connectivity index (χ2v) is 7.98. The van der Waals surface area contributed by atoms with Crippen molar-refractivity contribution < 1.29 is 31.9 Å². The second kappa shape index (κ2) is 10.7. The lowest BCUT2D eigenvalue weighted by Crippen LogP contribution is -2.52. The molecule has 1 heterocycles. The summed E-state index contributed by atoms with van der Waals surface area (Å²) in [6.45, 7) is 0.0754. The van der Waals surface area contributed by atoms with E-state index in [0.717, 1.165) is 18.7 Å². The third kappa shape index (κ3) is 6.48. The molecule has 0 unspecified atom stereocenters. The van der Waals surface area contributed by atoms with Gasteiger partial charge in [-0.3, -0.25) is 9.78 Å². The lowest BCUT2D eigenvalue weighted by molar-refractivity contribution is -0.142. The molecule has 0 bridgehead atoms. The number of amides is 2. The van der Waals surface area contributed by atoms with Gasteiger partial charge in [0.15, 0.2) is 0 Å². The quantitative estimate of drug-likeness (QED) is 0.339. The van der Waals surface area contributed by atoms with Gasteiger partial charge in [0.25, 0.3) is 0 Å². The molecule has 0 fully saturated rings. The first-order chi connectivity index (χ1) is 16.5. The number of urea groups is 1. The van der Waals surface area contributed by atoms with Gasteiger partial charge < -0.3 is 15.4 Å². The molecule has 2 aromatic carbocycles. The smallest absolute Gasteiger partial charge is 0.416 e. The highest BCUT2D eigenvalue weighted by Crippen LogP contribution is 2.38. The summed E-state index contributed by atoms with van der Waals surface area (Å²) in [5.74, 6) is -2.10. The fourth-order valence-electron chi connectivity index (χ4n) is 3.45. The summed E-state index contributed by atoms with van der Waals surface area (Å²) in [6, 6.07) is 12.5. The van der Waals surface area contributed by atoms with Crippen molar-refractivity contribution in [2.45, 2.75) is 24.7 Å². The van der Waals surface area contributed by atoms with Crippen LogP contribution in [0.15, 0.2) is 66.9 Å². The fourth-order valence-corrected chi connectivity index (χ4v) is 3.57. The molecule has 0 spiro atoms. The summed E-state index contributed by atoms with van der Waals surface area (Å²) in [5, 5.41) is 5.32. The molecule has 1 aromatic heterocycles. The van der Waals surface area contributed by atoms with E-state index >= 15 is 0 Å².